The average molecular weight is 349 g/mol. The Labute approximate surface area is 147 Å². The Balaban J connectivity index is 0.00000208. The summed E-state index contributed by atoms with van der Waals surface area (Å²) in [5.74, 6) is 1.03. The molecular formula is C17H21ClN4O2. The van der Waals surface area contributed by atoms with E-state index in [1.54, 1.807) is 24.5 Å². The molecule has 1 aliphatic rings. The van der Waals surface area contributed by atoms with E-state index in [4.69, 9.17) is 10.5 Å². The number of carbonyl (C=O) groups excluding carboxylic acids is 1. The molecule has 3 rings (SSSR count). The number of carbonyl (C=O) groups is 1. The zero-order valence-corrected chi connectivity index (χ0v) is 14.0. The van der Waals surface area contributed by atoms with Crippen molar-refractivity contribution in [1.82, 2.24) is 9.97 Å². The summed E-state index contributed by atoms with van der Waals surface area (Å²) < 4.78 is 5.62. The van der Waals surface area contributed by atoms with Gasteiger partial charge in [-0.05, 0) is 31.4 Å². The van der Waals surface area contributed by atoms with Gasteiger partial charge < -0.3 is 15.8 Å². The van der Waals surface area contributed by atoms with Crippen LogP contribution >= 0.6 is 12.4 Å². The SMILES string of the molecule is Cl.NC1CCCC(C(=O)Nc2cccc(Oc3cnccn3)c2)C1. The van der Waals surface area contributed by atoms with Gasteiger partial charge in [0, 0.05) is 36.1 Å². The molecule has 24 heavy (non-hydrogen) atoms. The van der Waals surface area contributed by atoms with Crippen LogP contribution in [0, 0.1) is 5.92 Å². The number of aromatic nitrogens is 2. The first-order chi connectivity index (χ1) is 11.2. The fourth-order valence-corrected chi connectivity index (χ4v) is 2.81. The molecule has 2 aromatic rings. The lowest BCUT2D eigenvalue weighted by atomic mass is 9.85. The molecule has 0 radical (unpaired) electrons. The van der Waals surface area contributed by atoms with Gasteiger partial charge >= 0.3 is 0 Å². The monoisotopic (exact) mass is 348 g/mol. The zero-order chi connectivity index (χ0) is 16.1. The number of benzene rings is 1. The fourth-order valence-electron chi connectivity index (χ4n) is 2.81. The minimum atomic E-state index is -0.0108. The van der Waals surface area contributed by atoms with E-state index in [1.807, 2.05) is 12.1 Å². The van der Waals surface area contributed by atoms with E-state index in [1.165, 1.54) is 6.20 Å². The average Bonchev–Trinajstić information content (AvgIpc) is 2.56. The summed E-state index contributed by atoms with van der Waals surface area (Å²) in [4.78, 5) is 20.4. The van der Waals surface area contributed by atoms with Crippen molar-refractivity contribution in [1.29, 1.82) is 0 Å². The standard InChI is InChI=1S/C17H20N4O2.ClH/c18-13-4-1-3-12(9-13)17(22)21-14-5-2-6-15(10-14)23-16-11-19-7-8-20-16;/h2,5-8,10-13H,1,3-4,9,18H2,(H,21,22);1H. The highest BCUT2D eigenvalue weighted by Gasteiger charge is 2.25. The zero-order valence-electron chi connectivity index (χ0n) is 13.2. The molecule has 0 aliphatic heterocycles. The van der Waals surface area contributed by atoms with Gasteiger partial charge in [-0.1, -0.05) is 12.5 Å². The van der Waals surface area contributed by atoms with E-state index in [-0.39, 0.29) is 30.3 Å². The predicted octanol–water partition coefficient (Wildman–Crippen LogP) is 3.15. The van der Waals surface area contributed by atoms with Crippen LogP contribution in [0.3, 0.4) is 0 Å². The van der Waals surface area contributed by atoms with Crippen LogP contribution in [-0.2, 0) is 4.79 Å². The van der Waals surface area contributed by atoms with Gasteiger partial charge in [0.15, 0.2) is 0 Å². The Morgan fingerprint density at radius 3 is 2.92 bits per heavy atom. The van der Waals surface area contributed by atoms with Crippen LogP contribution in [-0.4, -0.2) is 21.9 Å². The highest BCUT2D eigenvalue weighted by atomic mass is 35.5. The van der Waals surface area contributed by atoms with Gasteiger partial charge in [-0.3, -0.25) is 9.78 Å². The molecule has 1 fully saturated rings. The van der Waals surface area contributed by atoms with Crippen molar-refractivity contribution >= 4 is 24.0 Å². The Morgan fingerprint density at radius 1 is 1.29 bits per heavy atom. The lowest BCUT2D eigenvalue weighted by Gasteiger charge is -2.25. The normalized spacial score (nSPS) is 19.9. The fraction of sp³-hybridized carbons (Fsp3) is 0.353. The van der Waals surface area contributed by atoms with Gasteiger partial charge in [-0.25, -0.2) is 4.98 Å². The number of hydrogen-bond acceptors (Lipinski definition) is 5. The van der Waals surface area contributed by atoms with E-state index in [2.05, 4.69) is 15.3 Å². The van der Waals surface area contributed by atoms with Crippen LogP contribution in [0.4, 0.5) is 5.69 Å². The molecule has 0 spiro atoms. The molecule has 1 saturated carbocycles. The molecule has 7 heteroatoms. The largest absolute Gasteiger partial charge is 0.437 e. The predicted molar refractivity (Wildman–Crippen MR) is 94.4 cm³/mol. The molecule has 1 aromatic heterocycles. The molecule has 0 bridgehead atoms. The second-order valence-electron chi connectivity index (χ2n) is 5.79. The van der Waals surface area contributed by atoms with Crippen molar-refractivity contribution in [2.75, 3.05) is 5.32 Å². The number of amides is 1. The summed E-state index contributed by atoms with van der Waals surface area (Å²) >= 11 is 0. The van der Waals surface area contributed by atoms with E-state index >= 15 is 0 Å². The number of hydrogen-bond donors (Lipinski definition) is 2. The maximum Gasteiger partial charge on any atom is 0.237 e. The van der Waals surface area contributed by atoms with Crippen LogP contribution in [0.5, 0.6) is 11.6 Å². The third-order valence-electron chi connectivity index (χ3n) is 3.95. The Hall–Kier alpha value is -2.18. The van der Waals surface area contributed by atoms with Gasteiger partial charge in [-0.15, -0.1) is 12.4 Å². The van der Waals surface area contributed by atoms with Gasteiger partial charge in [0.1, 0.15) is 5.75 Å². The Morgan fingerprint density at radius 2 is 2.17 bits per heavy atom. The summed E-state index contributed by atoms with van der Waals surface area (Å²) in [6, 6.07) is 7.37. The molecule has 2 atom stereocenters. The first kappa shape index (κ1) is 18.2. The molecule has 1 heterocycles. The van der Waals surface area contributed by atoms with Gasteiger partial charge in [-0.2, -0.15) is 0 Å². The highest BCUT2D eigenvalue weighted by Crippen LogP contribution is 2.26. The maximum absolute atomic E-state index is 12.4. The molecule has 6 nitrogen and oxygen atoms in total. The van der Waals surface area contributed by atoms with Crippen molar-refractivity contribution in [2.24, 2.45) is 11.7 Å². The topological polar surface area (TPSA) is 90.1 Å². The minimum absolute atomic E-state index is 0. The third-order valence-corrected chi connectivity index (χ3v) is 3.95. The smallest absolute Gasteiger partial charge is 0.237 e. The number of anilines is 1. The van der Waals surface area contributed by atoms with Crippen LogP contribution in [0.2, 0.25) is 0 Å². The number of nitrogens with one attached hydrogen (secondary N) is 1. The van der Waals surface area contributed by atoms with Gasteiger partial charge in [0.2, 0.25) is 11.8 Å². The number of ether oxygens (including phenoxy) is 1. The molecule has 128 valence electrons. The molecule has 3 N–H and O–H groups in total. The number of nitrogens with two attached hydrogens (primary N) is 1. The Bertz CT molecular complexity index is 669. The second-order valence-corrected chi connectivity index (χ2v) is 5.79. The second kappa shape index (κ2) is 8.61. The van der Waals surface area contributed by atoms with Crippen LogP contribution in [0.25, 0.3) is 0 Å². The van der Waals surface area contributed by atoms with Crippen LogP contribution < -0.4 is 15.8 Å². The molecule has 1 aliphatic carbocycles. The number of rotatable bonds is 4. The number of halogens is 1. The van der Waals surface area contributed by atoms with Crippen LogP contribution in [0.15, 0.2) is 42.9 Å². The van der Waals surface area contributed by atoms with Crippen molar-refractivity contribution in [3.63, 3.8) is 0 Å². The van der Waals surface area contributed by atoms with Crippen molar-refractivity contribution < 1.29 is 9.53 Å². The van der Waals surface area contributed by atoms with Gasteiger partial charge in [0.25, 0.3) is 0 Å². The molecular weight excluding hydrogens is 328 g/mol. The summed E-state index contributed by atoms with van der Waals surface area (Å²) in [7, 11) is 0. The number of nitrogens with zero attached hydrogens (tertiary/aromatic N) is 2. The van der Waals surface area contributed by atoms with Crippen molar-refractivity contribution in [3.05, 3.63) is 42.9 Å². The van der Waals surface area contributed by atoms with Crippen molar-refractivity contribution in [3.8, 4) is 11.6 Å². The lowest BCUT2D eigenvalue weighted by molar-refractivity contribution is -0.120. The van der Waals surface area contributed by atoms with Gasteiger partial charge in [0.05, 0.1) is 6.20 Å². The summed E-state index contributed by atoms with van der Waals surface area (Å²) in [5, 5.41) is 2.95. The maximum atomic E-state index is 12.4. The molecule has 0 saturated heterocycles. The quantitative estimate of drug-likeness (QED) is 0.885. The van der Waals surface area contributed by atoms with Crippen LogP contribution in [0.1, 0.15) is 25.7 Å². The summed E-state index contributed by atoms with van der Waals surface area (Å²) in [6.07, 6.45) is 8.34. The first-order valence-electron chi connectivity index (χ1n) is 7.81. The Kier molecular flexibility index (Phi) is 6.52. The highest BCUT2D eigenvalue weighted by molar-refractivity contribution is 5.92. The summed E-state index contributed by atoms with van der Waals surface area (Å²) in [5.41, 5.74) is 6.66. The van der Waals surface area contributed by atoms with E-state index in [9.17, 15) is 4.79 Å². The third kappa shape index (κ3) is 4.91. The van der Waals surface area contributed by atoms with E-state index in [0.29, 0.717) is 17.3 Å². The molecule has 1 amide bonds. The summed E-state index contributed by atoms with van der Waals surface area (Å²) in [6.45, 7) is 0. The van der Waals surface area contributed by atoms with E-state index in [0.717, 1.165) is 25.7 Å². The minimum Gasteiger partial charge on any atom is -0.437 e. The lowest BCUT2D eigenvalue weighted by Crippen LogP contribution is -2.34. The van der Waals surface area contributed by atoms with E-state index < -0.39 is 0 Å². The molecule has 1 aromatic carbocycles. The van der Waals surface area contributed by atoms with Crippen molar-refractivity contribution in [2.45, 2.75) is 31.7 Å². The molecule has 2 unspecified atom stereocenters. The first-order valence-corrected chi connectivity index (χ1v) is 7.81.